The summed E-state index contributed by atoms with van der Waals surface area (Å²) in [5, 5.41) is 17.5. The Morgan fingerprint density at radius 2 is 1.82 bits per heavy atom. The Kier molecular flexibility index (Phi) is 8.93. The average Bonchev–Trinajstić information content (AvgIpc) is 3.68. The van der Waals surface area contributed by atoms with Crippen LogP contribution in [-0.4, -0.2) is 69.8 Å². The number of rotatable bonds is 9. The maximum atomic E-state index is 13.5. The van der Waals surface area contributed by atoms with Gasteiger partial charge in [0.1, 0.15) is 18.1 Å². The second kappa shape index (κ2) is 11.9. The number of carbonyl (C=O) groups is 2. The molecule has 0 radical (unpaired) electrons. The average molecular weight is 600 g/mol. The van der Waals surface area contributed by atoms with Gasteiger partial charge in [-0.05, 0) is 60.4 Å². The molecule has 1 aromatic carbocycles. The Hall–Kier alpha value is -2.62. The molecule has 0 atom stereocenters. The quantitative estimate of drug-likeness (QED) is 0.394. The molecule has 9 heteroatoms. The number of carboxylic acid groups (broad SMARTS) is 1. The molecule has 3 heterocycles. The summed E-state index contributed by atoms with van der Waals surface area (Å²) in [6.45, 7) is 9.30. The fourth-order valence-corrected chi connectivity index (χ4v) is 5.33. The van der Waals surface area contributed by atoms with E-state index in [0.717, 1.165) is 60.6 Å². The molecule has 1 aliphatic carbocycles. The van der Waals surface area contributed by atoms with Gasteiger partial charge < -0.3 is 14.7 Å². The maximum Gasteiger partial charge on any atom is 0.329 e. The summed E-state index contributed by atoms with van der Waals surface area (Å²) in [6.07, 6.45) is 3.92. The van der Waals surface area contributed by atoms with Crippen LogP contribution in [0.25, 0.3) is 0 Å². The molecule has 210 valence electrons. The molecular weight excluding hydrogens is 560 g/mol. The van der Waals surface area contributed by atoms with Crippen LogP contribution in [0.4, 0.5) is 0 Å². The van der Waals surface area contributed by atoms with Crippen LogP contribution in [0, 0.1) is 5.41 Å². The SMILES string of the molecule is Br.CC(C)(C)c1cc(CN2CCC(OCC(=O)O)CC2)cc(C(=O)CN2Cc3ccc(C4CC4)nc3C2=N)c1. The number of hydrogen-bond donors (Lipinski definition) is 2. The highest BCUT2D eigenvalue weighted by Gasteiger charge is 2.31. The number of amidine groups is 1. The highest BCUT2D eigenvalue weighted by atomic mass is 79.9. The zero-order valence-electron chi connectivity index (χ0n) is 23.0. The first-order valence-corrected chi connectivity index (χ1v) is 13.6. The molecule has 1 saturated heterocycles. The number of carboxylic acids is 1. The molecule has 39 heavy (non-hydrogen) atoms. The fraction of sp³-hybridized carbons (Fsp3) is 0.533. The third-order valence-corrected chi connectivity index (χ3v) is 7.80. The Balaban J connectivity index is 0.00000353. The lowest BCUT2D eigenvalue weighted by atomic mass is 9.84. The second-order valence-corrected chi connectivity index (χ2v) is 12.0. The summed E-state index contributed by atoms with van der Waals surface area (Å²) < 4.78 is 5.48. The van der Waals surface area contributed by atoms with Gasteiger partial charge in [0.25, 0.3) is 0 Å². The lowest BCUT2D eigenvalue weighted by molar-refractivity contribution is -0.145. The van der Waals surface area contributed by atoms with Gasteiger partial charge in [0.15, 0.2) is 5.78 Å². The first-order valence-electron chi connectivity index (χ1n) is 13.6. The molecule has 1 aromatic heterocycles. The lowest BCUT2D eigenvalue weighted by Gasteiger charge is -2.32. The number of halogens is 1. The van der Waals surface area contributed by atoms with Crippen molar-refractivity contribution in [1.82, 2.24) is 14.8 Å². The summed E-state index contributed by atoms with van der Waals surface area (Å²) in [7, 11) is 0. The highest BCUT2D eigenvalue weighted by molar-refractivity contribution is 8.93. The summed E-state index contributed by atoms with van der Waals surface area (Å²) in [4.78, 5) is 33.3. The lowest BCUT2D eigenvalue weighted by Crippen LogP contribution is -2.37. The van der Waals surface area contributed by atoms with Gasteiger partial charge in [-0.25, -0.2) is 9.78 Å². The number of likely N-dealkylation sites (tertiary alicyclic amines) is 1. The van der Waals surface area contributed by atoms with Crippen LogP contribution < -0.4 is 0 Å². The van der Waals surface area contributed by atoms with Crippen molar-refractivity contribution in [1.29, 1.82) is 5.41 Å². The van der Waals surface area contributed by atoms with Crippen molar-refractivity contribution in [3.05, 3.63) is 64.0 Å². The van der Waals surface area contributed by atoms with Crippen molar-refractivity contribution in [2.45, 2.75) is 77.0 Å². The maximum absolute atomic E-state index is 13.5. The van der Waals surface area contributed by atoms with Crippen LogP contribution in [-0.2, 0) is 28.0 Å². The minimum atomic E-state index is -0.934. The van der Waals surface area contributed by atoms with Crippen LogP contribution in [0.15, 0.2) is 30.3 Å². The van der Waals surface area contributed by atoms with Gasteiger partial charge in [-0.15, -0.1) is 17.0 Å². The van der Waals surface area contributed by atoms with E-state index in [9.17, 15) is 9.59 Å². The van der Waals surface area contributed by atoms with Crippen molar-refractivity contribution in [3.8, 4) is 0 Å². The fourth-order valence-electron chi connectivity index (χ4n) is 5.33. The number of nitrogens with zero attached hydrogens (tertiary/aromatic N) is 3. The Morgan fingerprint density at radius 3 is 2.46 bits per heavy atom. The van der Waals surface area contributed by atoms with Gasteiger partial charge in [0, 0.05) is 48.9 Å². The largest absolute Gasteiger partial charge is 0.480 e. The molecule has 2 fully saturated rings. The van der Waals surface area contributed by atoms with Crippen LogP contribution in [0.5, 0.6) is 0 Å². The van der Waals surface area contributed by atoms with Crippen molar-refractivity contribution in [2.24, 2.45) is 0 Å². The summed E-state index contributed by atoms with van der Waals surface area (Å²) in [5.41, 5.74) is 5.61. The van der Waals surface area contributed by atoms with Gasteiger partial charge in [-0.3, -0.25) is 15.1 Å². The molecule has 5 rings (SSSR count). The summed E-state index contributed by atoms with van der Waals surface area (Å²) >= 11 is 0. The zero-order chi connectivity index (χ0) is 27.0. The number of aromatic nitrogens is 1. The number of benzene rings is 1. The molecule has 1 saturated carbocycles. The van der Waals surface area contributed by atoms with E-state index >= 15 is 0 Å². The molecular formula is C30H39BrN4O4. The number of ether oxygens (including phenoxy) is 1. The van der Waals surface area contributed by atoms with Crippen LogP contribution in [0.1, 0.15) is 90.8 Å². The number of pyridine rings is 1. The first-order chi connectivity index (χ1) is 18.1. The van der Waals surface area contributed by atoms with E-state index in [1.54, 1.807) is 0 Å². The molecule has 0 spiro atoms. The van der Waals surface area contributed by atoms with Crippen LogP contribution in [0.3, 0.4) is 0 Å². The number of nitrogens with one attached hydrogen (secondary N) is 1. The number of Topliss-reactive ketones (excluding diaryl/α,β-unsaturated/α-hetero) is 1. The van der Waals surface area contributed by atoms with Crippen molar-refractivity contribution >= 4 is 34.6 Å². The Bertz CT molecular complexity index is 1250. The number of piperidine rings is 1. The minimum Gasteiger partial charge on any atom is -0.480 e. The molecule has 0 amide bonds. The standard InChI is InChI=1S/C30H38N4O4.BrH/c1-30(2,3)23-13-19(15-33-10-8-24(9-11-33)38-18-27(36)37)12-22(14-23)26(35)17-34-16-21-6-7-25(20-4-5-20)32-28(21)29(34)31;/h6-7,12-14,20,24,31H,4-5,8-11,15-18H2,1-3H3,(H,36,37);1H. The second-order valence-electron chi connectivity index (χ2n) is 12.0. The Labute approximate surface area is 241 Å². The normalized spacial score (nSPS) is 18.1. The van der Waals surface area contributed by atoms with Crippen molar-refractivity contribution in [2.75, 3.05) is 26.2 Å². The van der Waals surface area contributed by atoms with Gasteiger partial charge >= 0.3 is 5.97 Å². The number of carbonyl (C=O) groups excluding carboxylic acids is 1. The summed E-state index contributed by atoms with van der Waals surface area (Å²) in [5.74, 6) is -0.0459. The van der Waals surface area contributed by atoms with Gasteiger partial charge in [0.05, 0.1) is 12.6 Å². The van der Waals surface area contributed by atoms with E-state index in [2.05, 4.69) is 43.9 Å². The third-order valence-electron chi connectivity index (χ3n) is 7.80. The van der Waals surface area contributed by atoms with E-state index in [0.29, 0.717) is 23.9 Å². The summed E-state index contributed by atoms with van der Waals surface area (Å²) in [6, 6.07) is 10.4. The van der Waals surface area contributed by atoms with Gasteiger partial charge in [0.2, 0.25) is 0 Å². The predicted octanol–water partition coefficient (Wildman–Crippen LogP) is 4.92. The molecule has 0 unspecified atom stereocenters. The third kappa shape index (κ3) is 7.13. The highest BCUT2D eigenvalue weighted by Crippen LogP contribution is 2.39. The Morgan fingerprint density at radius 1 is 1.10 bits per heavy atom. The smallest absolute Gasteiger partial charge is 0.329 e. The predicted molar refractivity (Wildman–Crippen MR) is 155 cm³/mol. The van der Waals surface area contributed by atoms with Gasteiger partial charge in [-0.1, -0.05) is 32.9 Å². The minimum absolute atomic E-state index is 0. The zero-order valence-corrected chi connectivity index (χ0v) is 24.7. The van der Waals surface area contributed by atoms with E-state index in [-0.39, 0.29) is 47.4 Å². The number of hydrogen-bond acceptors (Lipinski definition) is 6. The molecule has 0 bridgehead atoms. The van der Waals surface area contributed by atoms with E-state index in [1.807, 2.05) is 17.0 Å². The topological polar surface area (TPSA) is 107 Å². The van der Waals surface area contributed by atoms with E-state index < -0.39 is 5.97 Å². The van der Waals surface area contributed by atoms with Crippen LogP contribution in [0.2, 0.25) is 0 Å². The molecule has 2 aliphatic heterocycles. The monoisotopic (exact) mass is 598 g/mol. The molecule has 3 aliphatic rings. The van der Waals surface area contributed by atoms with Crippen LogP contribution >= 0.6 is 17.0 Å². The number of fused-ring (bicyclic) bond motifs is 1. The number of ketones is 1. The van der Waals surface area contributed by atoms with Gasteiger partial charge in [-0.2, -0.15) is 0 Å². The van der Waals surface area contributed by atoms with E-state index in [4.69, 9.17) is 20.2 Å². The first kappa shape index (κ1) is 29.4. The molecule has 2 N–H and O–H groups in total. The molecule has 2 aromatic rings. The van der Waals surface area contributed by atoms with Crippen molar-refractivity contribution < 1.29 is 19.4 Å². The molecule has 8 nitrogen and oxygen atoms in total. The van der Waals surface area contributed by atoms with Crippen molar-refractivity contribution in [3.63, 3.8) is 0 Å². The number of aliphatic carboxylic acids is 1. The van der Waals surface area contributed by atoms with E-state index in [1.165, 1.54) is 12.8 Å².